The molecule has 0 atom stereocenters. The van der Waals surface area contributed by atoms with E-state index in [1.165, 1.54) is 44.5 Å². The maximum absolute atomic E-state index is 4.41. The Morgan fingerprint density at radius 1 is 0.852 bits per heavy atom. The molecule has 2 heteroatoms. The third-order valence-electron chi connectivity index (χ3n) is 5.76. The number of anilines is 1. The fourth-order valence-electron chi connectivity index (χ4n) is 4.08. The molecule has 1 aliphatic heterocycles. The van der Waals surface area contributed by atoms with Crippen molar-refractivity contribution in [1.82, 2.24) is 4.57 Å². The first kappa shape index (κ1) is 16.0. The molecule has 0 N–H and O–H groups in total. The number of hydrogen-bond donors (Lipinski definition) is 0. The van der Waals surface area contributed by atoms with Gasteiger partial charge in [-0.15, -0.1) is 0 Å². The van der Waals surface area contributed by atoms with Crippen LogP contribution in [0.4, 0.5) is 5.69 Å². The predicted octanol–water partition coefficient (Wildman–Crippen LogP) is 6.14. The largest absolute Gasteiger partial charge is 0.348 e. The van der Waals surface area contributed by atoms with Gasteiger partial charge in [-0.3, -0.25) is 0 Å². The third-order valence-corrected chi connectivity index (χ3v) is 5.76. The topological polar surface area (TPSA) is 8.17 Å². The molecule has 0 unspecified atom stereocenters. The van der Waals surface area contributed by atoms with Crippen molar-refractivity contribution in [3.05, 3.63) is 96.2 Å². The van der Waals surface area contributed by atoms with Crippen molar-refractivity contribution in [1.29, 1.82) is 0 Å². The van der Waals surface area contributed by atoms with Crippen molar-refractivity contribution in [2.75, 3.05) is 4.90 Å². The van der Waals surface area contributed by atoms with Crippen LogP contribution in [0.5, 0.6) is 0 Å². The second-order valence-corrected chi connectivity index (χ2v) is 7.36. The molecule has 2 nitrogen and oxygen atoms in total. The van der Waals surface area contributed by atoms with E-state index in [0.717, 1.165) is 12.2 Å². The average Bonchev–Trinajstić information content (AvgIpc) is 3.18. The summed E-state index contributed by atoms with van der Waals surface area (Å²) in [5, 5.41) is 1.28. The molecule has 1 aliphatic rings. The van der Waals surface area contributed by atoms with Crippen LogP contribution in [0.3, 0.4) is 0 Å². The van der Waals surface area contributed by atoms with Crippen molar-refractivity contribution in [2.45, 2.75) is 13.5 Å². The van der Waals surface area contributed by atoms with E-state index in [2.05, 4.69) is 103 Å². The van der Waals surface area contributed by atoms with Gasteiger partial charge in [-0.2, -0.15) is 0 Å². The van der Waals surface area contributed by atoms with Gasteiger partial charge in [0.1, 0.15) is 0 Å². The lowest BCUT2D eigenvalue weighted by atomic mass is 10.00. The number of nitrogens with zero attached hydrogens (tertiary/aromatic N) is 2. The van der Waals surface area contributed by atoms with E-state index in [-0.39, 0.29) is 0 Å². The van der Waals surface area contributed by atoms with Crippen molar-refractivity contribution in [2.24, 2.45) is 7.05 Å². The first-order chi connectivity index (χ1) is 13.1. The van der Waals surface area contributed by atoms with E-state index >= 15 is 0 Å². The summed E-state index contributed by atoms with van der Waals surface area (Å²) in [7, 11) is 2.13. The van der Waals surface area contributed by atoms with Crippen molar-refractivity contribution < 1.29 is 0 Å². The summed E-state index contributed by atoms with van der Waals surface area (Å²) in [4.78, 5) is 2.32. The quantitative estimate of drug-likeness (QED) is 0.421. The van der Waals surface area contributed by atoms with Gasteiger partial charge in [0.05, 0.1) is 5.52 Å². The SMILES string of the molecule is C=C1c2cc(-c3ccccc3)ccc2CN1c1ccc2cc(C)n(C)c2c1. The maximum atomic E-state index is 4.41. The van der Waals surface area contributed by atoms with E-state index in [0.29, 0.717) is 0 Å². The molecule has 0 aliphatic carbocycles. The molecule has 4 aromatic rings. The molecule has 1 aromatic heterocycles. The minimum atomic E-state index is 0.873. The minimum Gasteiger partial charge on any atom is -0.348 e. The Labute approximate surface area is 160 Å². The summed E-state index contributed by atoms with van der Waals surface area (Å²) in [6, 6.07) is 26.2. The standard InChI is InChI=1S/C25H22N2/c1-17-13-21-11-12-23(15-25(21)26(17)3)27-16-22-10-9-20(14-24(22)18(27)2)19-7-5-4-6-8-19/h4-15H,2,16H2,1,3H3. The smallest absolute Gasteiger partial charge is 0.0500 e. The molecule has 0 amide bonds. The predicted molar refractivity (Wildman–Crippen MR) is 115 cm³/mol. The zero-order chi connectivity index (χ0) is 18.5. The first-order valence-corrected chi connectivity index (χ1v) is 9.33. The summed E-state index contributed by atoms with van der Waals surface area (Å²) in [5.41, 5.74) is 9.89. The number of aromatic nitrogens is 1. The Balaban J connectivity index is 1.54. The Kier molecular flexibility index (Phi) is 3.48. The molecule has 3 aromatic carbocycles. The van der Waals surface area contributed by atoms with E-state index < -0.39 is 0 Å². The molecule has 0 saturated carbocycles. The van der Waals surface area contributed by atoms with Crippen LogP contribution in [-0.2, 0) is 13.6 Å². The lowest BCUT2D eigenvalue weighted by Gasteiger charge is -2.20. The normalized spacial score (nSPS) is 13.4. The van der Waals surface area contributed by atoms with E-state index in [4.69, 9.17) is 0 Å². The van der Waals surface area contributed by atoms with Crippen LogP contribution in [0.25, 0.3) is 27.7 Å². The Morgan fingerprint density at radius 2 is 1.67 bits per heavy atom. The number of hydrogen-bond acceptors (Lipinski definition) is 1. The van der Waals surface area contributed by atoms with E-state index in [9.17, 15) is 0 Å². The Morgan fingerprint density at radius 3 is 2.48 bits per heavy atom. The highest BCUT2D eigenvalue weighted by Gasteiger charge is 2.24. The van der Waals surface area contributed by atoms with Crippen LogP contribution in [0, 0.1) is 6.92 Å². The third kappa shape index (κ3) is 2.48. The fraction of sp³-hybridized carbons (Fsp3) is 0.120. The number of fused-ring (bicyclic) bond motifs is 2. The zero-order valence-corrected chi connectivity index (χ0v) is 15.7. The number of benzene rings is 3. The van der Waals surface area contributed by atoms with Gasteiger partial charge in [-0.1, -0.05) is 55.1 Å². The zero-order valence-electron chi connectivity index (χ0n) is 15.7. The summed E-state index contributed by atoms with van der Waals surface area (Å²) in [6.45, 7) is 7.44. The van der Waals surface area contributed by atoms with Crippen LogP contribution < -0.4 is 4.90 Å². The molecule has 0 bridgehead atoms. The van der Waals surface area contributed by atoms with Crippen LogP contribution >= 0.6 is 0 Å². The Hall–Kier alpha value is -3.26. The lowest BCUT2D eigenvalue weighted by molar-refractivity contribution is 0.917. The molecule has 0 spiro atoms. The fourth-order valence-corrected chi connectivity index (χ4v) is 4.08. The van der Waals surface area contributed by atoms with Gasteiger partial charge in [0, 0.05) is 36.2 Å². The van der Waals surface area contributed by atoms with Gasteiger partial charge >= 0.3 is 0 Å². The van der Waals surface area contributed by atoms with Gasteiger partial charge in [-0.05, 0) is 53.3 Å². The second kappa shape index (κ2) is 5.88. The molecular weight excluding hydrogens is 328 g/mol. The molecule has 2 heterocycles. The van der Waals surface area contributed by atoms with Crippen molar-refractivity contribution >= 4 is 22.3 Å². The number of rotatable bonds is 2. The second-order valence-electron chi connectivity index (χ2n) is 7.36. The molecule has 132 valence electrons. The summed E-state index contributed by atoms with van der Waals surface area (Å²) in [5.74, 6) is 0. The average molecular weight is 350 g/mol. The monoisotopic (exact) mass is 350 g/mol. The van der Waals surface area contributed by atoms with Gasteiger partial charge < -0.3 is 9.47 Å². The summed E-state index contributed by atoms with van der Waals surface area (Å²) >= 11 is 0. The Bertz CT molecular complexity index is 1180. The van der Waals surface area contributed by atoms with Gasteiger partial charge in [-0.25, -0.2) is 0 Å². The molecular formula is C25H22N2. The van der Waals surface area contributed by atoms with Crippen LogP contribution in [0.15, 0.2) is 79.4 Å². The summed E-state index contributed by atoms with van der Waals surface area (Å²) in [6.07, 6.45) is 0. The highest BCUT2D eigenvalue weighted by molar-refractivity contribution is 5.90. The van der Waals surface area contributed by atoms with E-state index in [1.54, 1.807) is 0 Å². The van der Waals surface area contributed by atoms with E-state index in [1.807, 2.05) is 0 Å². The molecule has 0 radical (unpaired) electrons. The summed E-state index contributed by atoms with van der Waals surface area (Å²) < 4.78 is 2.25. The van der Waals surface area contributed by atoms with Crippen molar-refractivity contribution in [3.63, 3.8) is 0 Å². The molecule has 0 saturated heterocycles. The van der Waals surface area contributed by atoms with Crippen molar-refractivity contribution in [3.8, 4) is 11.1 Å². The number of aryl methyl sites for hydroxylation is 2. The van der Waals surface area contributed by atoms with Gasteiger partial charge in [0.25, 0.3) is 0 Å². The molecule has 27 heavy (non-hydrogen) atoms. The van der Waals surface area contributed by atoms with Gasteiger partial charge in [0.2, 0.25) is 0 Å². The first-order valence-electron chi connectivity index (χ1n) is 9.33. The van der Waals surface area contributed by atoms with Crippen LogP contribution in [0.2, 0.25) is 0 Å². The molecule has 5 rings (SSSR count). The van der Waals surface area contributed by atoms with Gasteiger partial charge in [0.15, 0.2) is 0 Å². The van der Waals surface area contributed by atoms with Crippen LogP contribution in [-0.4, -0.2) is 4.57 Å². The lowest BCUT2D eigenvalue weighted by Crippen LogP contribution is -2.12. The highest BCUT2D eigenvalue weighted by atomic mass is 15.2. The maximum Gasteiger partial charge on any atom is 0.0500 e. The minimum absolute atomic E-state index is 0.873. The highest BCUT2D eigenvalue weighted by Crippen LogP contribution is 2.38. The van der Waals surface area contributed by atoms with Crippen LogP contribution in [0.1, 0.15) is 16.8 Å². The molecule has 0 fully saturated rings.